The van der Waals surface area contributed by atoms with Crippen LogP contribution in [0, 0.1) is 11.8 Å². The van der Waals surface area contributed by atoms with Gasteiger partial charge in [0.25, 0.3) is 0 Å². The van der Waals surface area contributed by atoms with Crippen molar-refractivity contribution in [2.75, 3.05) is 26.2 Å². The van der Waals surface area contributed by atoms with E-state index in [1.54, 1.807) is 6.20 Å². The smallest absolute Gasteiger partial charge is 0.220 e. The van der Waals surface area contributed by atoms with Gasteiger partial charge in [0.15, 0.2) is 0 Å². The molecule has 0 saturated carbocycles. The first kappa shape index (κ1) is 20.5. The van der Waals surface area contributed by atoms with Crippen molar-refractivity contribution in [1.29, 1.82) is 0 Å². The van der Waals surface area contributed by atoms with E-state index in [4.69, 9.17) is 4.74 Å². The number of likely N-dealkylation sites (tertiary alicyclic amines) is 1. The molecule has 1 aromatic rings. The highest BCUT2D eigenvalue weighted by Crippen LogP contribution is 2.54. The van der Waals surface area contributed by atoms with Crippen LogP contribution < -0.4 is 5.32 Å². The van der Waals surface area contributed by atoms with Crippen LogP contribution >= 0.6 is 0 Å². The Balaban J connectivity index is 1.20. The number of hydrogen-bond donors (Lipinski definition) is 1. The number of carbonyl (C=O) groups is 1. The van der Waals surface area contributed by atoms with Gasteiger partial charge in [-0.25, -0.2) is 0 Å². The fraction of sp³-hybridized carbons (Fsp3) is 0.667. The van der Waals surface area contributed by atoms with Gasteiger partial charge in [-0.1, -0.05) is 17.7 Å². The standard InChI is InChI=1S/C24H35N3O2/c1-18(2)10-13-27-16-21-20(22-9-11-24(21,17-27)29-22)15-26-23(28)8-4-3-6-19-7-5-12-25-14-19/h5,7,10,12,14,20-22H,3-4,6,8-9,11,13,15-17H2,1-2H3,(H,26,28)/t20-,21+,22+,24+/m0/s1. The molecule has 3 fully saturated rings. The van der Waals surface area contributed by atoms with E-state index in [1.165, 1.54) is 17.6 Å². The lowest BCUT2D eigenvalue weighted by atomic mass is 9.73. The van der Waals surface area contributed by atoms with Gasteiger partial charge < -0.3 is 10.1 Å². The Morgan fingerprint density at radius 2 is 2.31 bits per heavy atom. The van der Waals surface area contributed by atoms with E-state index in [1.807, 2.05) is 12.3 Å². The highest BCUT2D eigenvalue weighted by Gasteiger charge is 2.62. The molecule has 5 nitrogen and oxygen atoms in total. The summed E-state index contributed by atoms with van der Waals surface area (Å²) in [6.45, 7) is 8.26. The Morgan fingerprint density at radius 3 is 3.10 bits per heavy atom. The SMILES string of the molecule is CC(C)=CCN1C[C@@H]2[C@H](CNC(=O)CCCCc3cccnc3)[C@H]3CC[C@]2(C1)O3. The van der Waals surface area contributed by atoms with E-state index in [9.17, 15) is 4.79 Å². The van der Waals surface area contributed by atoms with Crippen molar-refractivity contribution < 1.29 is 9.53 Å². The Morgan fingerprint density at radius 1 is 1.41 bits per heavy atom. The molecular weight excluding hydrogens is 362 g/mol. The van der Waals surface area contributed by atoms with E-state index < -0.39 is 0 Å². The third-order valence-corrected chi connectivity index (χ3v) is 6.99. The number of carbonyl (C=O) groups excluding carboxylic acids is 1. The molecule has 0 aliphatic carbocycles. The van der Waals surface area contributed by atoms with Gasteiger partial charge in [0.2, 0.25) is 5.91 Å². The summed E-state index contributed by atoms with van der Waals surface area (Å²) < 4.78 is 6.49. The number of nitrogens with zero attached hydrogens (tertiary/aromatic N) is 2. The van der Waals surface area contributed by atoms with Crippen LogP contribution in [0.15, 0.2) is 36.2 Å². The normalized spacial score (nSPS) is 30.3. The van der Waals surface area contributed by atoms with Gasteiger partial charge in [-0.3, -0.25) is 14.7 Å². The second-order valence-electron chi connectivity index (χ2n) is 9.38. The molecule has 0 radical (unpaired) electrons. The summed E-state index contributed by atoms with van der Waals surface area (Å²) in [4.78, 5) is 19.0. The third kappa shape index (κ3) is 4.72. The molecule has 4 atom stereocenters. The number of amides is 1. The molecule has 3 aliphatic rings. The van der Waals surface area contributed by atoms with Crippen molar-refractivity contribution in [3.05, 3.63) is 41.7 Å². The summed E-state index contributed by atoms with van der Waals surface area (Å²) in [6.07, 6.45) is 12.3. The predicted molar refractivity (Wildman–Crippen MR) is 114 cm³/mol. The van der Waals surface area contributed by atoms with Crippen molar-refractivity contribution in [1.82, 2.24) is 15.2 Å². The molecule has 29 heavy (non-hydrogen) atoms. The molecule has 5 heteroatoms. The first-order chi connectivity index (χ1) is 14.1. The highest BCUT2D eigenvalue weighted by atomic mass is 16.5. The molecule has 0 aromatic carbocycles. The molecule has 4 rings (SSSR count). The lowest BCUT2D eigenvalue weighted by molar-refractivity contribution is -0.121. The van der Waals surface area contributed by atoms with Crippen LogP contribution in [0.25, 0.3) is 0 Å². The molecule has 1 aromatic heterocycles. The summed E-state index contributed by atoms with van der Waals surface area (Å²) in [5.41, 5.74) is 2.67. The number of allylic oxidation sites excluding steroid dienone is 1. The number of aromatic nitrogens is 1. The minimum absolute atomic E-state index is 0.0548. The van der Waals surface area contributed by atoms with Crippen LogP contribution in [0.3, 0.4) is 0 Å². The van der Waals surface area contributed by atoms with E-state index in [0.29, 0.717) is 24.4 Å². The number of hydrogen-bond acceptors (Lipinski definition) is 4. The molecule has 1 amide bonds. The van der Waals surface area contributed by atoms with Crippen LogP contribution in [0.5, 0.6) is 0 Å². The van der Waals surface area contributed by atoms with E-state index in [2.05, 4.69) is 41.2 Å². The molecule has 3 aliphatic heterocycles. The monoisotopic (exact) mass is 397 g/mol. The van der Waals surface area contributed by atoms with Gasteiger partial charge in [-0.15, -0.1) is 0 Å². The summed E-state index contributed by atoms with van der Waals surface area (Å²) in [7, 11) is 0. The second-order valence-corrected chi connectivity index (χ2v) is 9.38. The minimum Gasteiger partial charge on any atom is -0.370 e. The quantitative estimate of drug-likeness (QED) is 0.513. The summed E-state index contributed by atoms with van der Waals surface area (Å²) >= 11 is 0. The van der Waals surface area contributed by atoms with Crippen LogP contribution in [0.1, 0.15) is 51.5 Å². The van der Waals surface area contributed by atoms with Crippen LogP contribution in [0.4, 0.5) is 0 Å². The second kappa shape index (κ2) is 8.97. The predicted octanol–water partition coefficient (Wildman–Crippen LogP) is 3.36. The van der Waals surface area contributed by atoms with Crippen LogP contribution in [-0.2, 0) is 16.0 Å². The first-order valence-corrected chi connectivity index (χ1v) is 11.2. The summed E-state index contributed by atoms with van der Waals surface area (Å²) in [6, 6.07) is 4.07. The fourth-order valence-electron chi connectivity index (χ4n) is 5.49. The van der Waals surface area contributed by atoms with Gasteiger partial charge in [-0.05, 0) is 57.6 Å². The van der Waals surface area contributed by atoms with Gasteiger partial charge in [0.05, 0.1) is 11.7 Å². The third-order valence-electron chi connectivity index (χ3n) is 6.99. The van der Waals surface area contributed by atoms with Gasteiger partial charge in [0.1, 0.15) is 0 Å². The first-order valence-electron chi connectivity index (χ1n) is 11.2. The maximum Gasteiger partial charge on any atom is 0.220 e. The maximum atomic E-state index is 12.4. The number of pyridine rings is 1. The zero-order valence-corrected chi connectivity index (χ0v) is 17.9. The van der Waals surface area contributed by atoms with Crippen LogP contribution in [0.2, 0.25) is 0 Å². The van der Waals surface area contributed by atoms with Crippen molar-refractivity contribution in [2.45, 2.75) is 64.1 Å². The molecular formula is C24H35N3O2. The molecule has 158 valence electrons. The molecule has 1 N–H and O–H groups in total. The number of fused-ring (bicyclic) bond motifs is 1. The van der Waals surface area contributed by atoms with Gasteiger partial charge in [-0.2, -0.15) is 0 Å². The topological polar surface area (TPSA) is 54.5 Å². The number of nitrogens with one attached hydrogen (secondary N) is 1. The molecule has 1 spiro atoms. The maximum absolute atomic E-state index is 12.4. The van der Waals surface area contributed by atoms with Crippen molar-refractivity contribution in [3.63, 3.8) is 0 Å². The summed E-state index contributed by atoms with van der Waals surface area (Å²) in [5, 5.41) is 3.22. The number of ether oxygens (including phenoxy) is 1. The Labute approximate surface area is 174 Å². The lowest BCUT2D eigenvalue weighted by Gasteiger charge is -2.29. The minimum atomic E-state index is 0.0548. The Bertz CT molecular complexity index is 731. The highest BCUT2D eigenvalue weighted by molar-refractivity contribution is 5.75. The van der Waals surface area contributed by atoms with E-state index in [-0.39, 0.29) is 11.5 Å². The zero-order chi connectivity index (χ0) is 20.3. The molecule has 3 saturated heterocycles. The van der Waals surface area contributed by atoms with Crippen molar-refractivity contribution >= 4 is 5.91 Å². The largest absolute Gasteiger partial charge is 0.370 e. The zero-order valence-electron chi connectivity index (χ0n) is 17.9. The molecule has 0 unspecified atom stereocenters. The molecule has 2 bridgehead atoms. The average Bonchev–Trinajstić information content (AvgIpc) is 3.37. The Hall–Kier alpha value is -1.72. The number of aryl methyl sites for hydroxylation is 1. The lowest BCUT2D eigenvalue weighted by Crippen LogP contribution is -2.41. The molecule has 4 heterocycles. The summed E-state index contributed by atoms with van der Waals surface area (Å²) in [5.74, 6) is 1.23. The number of unbranched alkanes of at least 4 members (excludes halogenated alkanes) is 1. The van der Waals surface area contributed by atoms with E-state index in [0.717, 1.165) is 51.9 Å². The average molecular weight is 398 g/mol. The number of rotatable bonds is 9. The van der Waals surface area contributed by atoms with Gasteiger partial charge in [0, 0.05) is 56.8 Å². The Kier molecular flexibility index (Phi) is 6.35. The van der Waals surface area contributed by atoms with Crippen LogP contribution in [-0.4, -0.2) is 53.7 Å². The fourth-order valence-corrected chi connectivity index (χ4v) is 5.49. The van der Waals surface area contributed by atoms with Crippen molar-refractivity contribution in [3.8, 4) is 0 Å². The van der Waals surface area contributed by atoms with Gasteiger partial charge >= 0.3 is 0 Å². The van der Waals surface area contributed by atoms with E-state index >= 15 is 0 Å². The van der Waals surface area contributed by atoms with Crippen molar-refractivity contribution in [2.24, 2.45) is 11.8 Å².